The first-order valence-corrected chi connectivity index (χ1v) is 11.6. The van der Waals surface area contributed by atoms with Gasteiger partial charge in [0, 0.05) is 35.0 Å². The minimum Gasteiger partial charge on any atom is -0.467 e. The Kier molecular flexibility index (Phi) is 6.89. The number of ether oxygens (including phenoxy) is 1. The van der Waals surface area contributed by atoms with Gasteiger partial charge in [0.2, 0.25) is 0 Å². The molecule has 7 heteroatoms. The molecule has 2 aromatic rings. The maximum Gasteiger partial charge on any atom is 0.346 e. The average molecular weight is 436 g/mol. The number of carbonyl (C=O) groups excluding carboxylic acids is 2. The number of rotatable bonds is 7. The number of benzene rings is 1. The molecule has 0 spiro atoms. The summed E-state index contributed by atoms with van der Waals surface area (Å²) < 4.78 is 4.92. The van der Waals surface area contributed by atoms with Crippen molar-refractivity contribution in [3.05, 3.63) is 51.9 Å². The van der Waals surface area contributed by atoms with Gasteiger partial charge < -0.3 is 15.0 Å². The molecule has 0 aliphatic heterocycles. The summed E-state index contributed by atoms with van der Waals surface area (Å²) >= 11 is 0. The van der Waals surface area contributed by atoms with Crippen molar-refractivity contribution in [1.29, 1.82) is 0 Å². The van der Waals surface area contributed by atoms with Gasteiger partial charge in [-0.25, -0.2) is 9.78 Å². The smallest absolute Gasteiger partial charge is 0.346 e. The summed E-state index contributed by atoms with van der Waals surface area (Å²) in [6.07, 6.45) is 12.5. The van der Waals surface area contributed by atoms with Crippen LogP contribution < -0.4 is 5.32 Å². The second kappa shape index (κ2) is 9.99. The van der Waals surface area contributed by atoms with Crippen molar-refractivity contribution in [3.63, 3.8) is 0 Å². The van der Waals surface area contributed by atoms with E-state index in [1.54, 1.807) is 12.5 Å². The molecule has 0 bridgehead atoms. The zero-order valence-corrected chi connectivity index (χ0v) is 18.6. The first-order chi connectivity index (χ1) is 15.6. The molecule has 2 saturated carbocycles. The van der Waals surface area contributed by atoms with E-state index in [-0.39, 0.29) is 12.3 Å². The monoisotopic (exact) mass is 435 g/mol. The van der Waals surface area contributed by atoms with Gasteiger partial charge in [-0.1, -0.05) is 25.7 Å². The van der Waals surface area contributed by atoms with Gasteiger partial charge in [0.1, 0.15) is 6.04 Å². The standard InChI is InChI=1S/C25H30N4O3/c1-26-23-20(16-7-3-4-8-16)11-18(12-21(23)17-9-5-6-10-17)24(30)29-22(25(31)32-2)13-19-14-27-15-28-19/h1,11-12,14-17,22H,3-10,13H2,2H3,(H-,27,28,29,30)/p+1/t22-/m1/s1. The Labute approximate surface area is 188 Å². The molecular weight excluding hydrogens is 404 g/mol. The fourth-order valence-electron chi connectivity index (χ4n) is 5.25. The summed E-state index contributed by atoms with van der Waals surface area (Å²) in [6.45, 7) is 5.88. The van der Waals surface area contributed by atoms with Crippen LogP contribution in [0.5, 0.6) is 0 Å². The fraction of sp³-hybridized carbons (Fsp3) is 0.520. The fourth-order valence-corrected chi connectivity index (χ4v) is 5.25. The van der Waals surface area contributed by atoms with Crippen LogP contribution in [0.1, 0.15) is 90.4 Å². The van der Waals surface area contributed by atoms with Crippen LogP contribution in [0.3, 0.4) is 0 Å². The summed E-state index contributed by atoms with van der Waals surface area (Å²) in [5, 5.41) is 2.87. The molecule has 0 saturated heterocycles. The summed E-state index contributed by atoms with van der Waals surface area (Å²) in [4.78, 5) is 36.8. The SMILES string of the molecule is C#[N+]c1c(C2CCCC2)cc(C(=O)N[C@H](Cc2cnc[nH]2)C(=O)OC)cc1C1CCCC1. The summed E-state index contributed by atoms with van der Waals surface area (Å²) in [7, 11) is 1.32. The van der Waals surface area contributed by atoms with Crippen molar-refractivity contribution in [3.8, 4) is 6.57 Å². The number of H-pyrrole nitrogens is 1. The summed E-state index contributed by atoms with van der Waals surface area (Å²) in [5.74, 6) is -0.0475. The van der Waals surface area contributed by atoms with E-state index in [4.69, 9.17) is 11.3 Å². The van der Waals surface area contributed by atoms with Crippen molar-refractivity contribution in [1.82, 2.24) is 15.3 Å². The number of nitrogens with one attached hydrogen (secondary N) is 2. The van der Waals surface area contributed by atoms with Crippen molar-refractivity contribution in [2.75, 3.05) is 7.11 Å². The second-order valence-corrected chi connectivity index (χ2v) is 8.93. The molecule has 0 unspecified atom stereocenters. The predicted octanol–water partition coefficient (Wildman–Crippen LogP) is 4.83. The number of imidazole rings is 1. The van der Waals surface area contributed by atoms with E-state index in [2.05, 4.69) is 20.1 Å². The molecule has 7 nitrogen and oxygen atoms in total. The third-order valence-electron chi connectivity index (χ3n) is 6.92. The molecule has 1 atom stereocenters. The van der Waals surface area contributed by atoms with Crippen LogP contribution in [0.2, 0.25) is 0 Å². The molecule has 32 heavy (non-hydrogen) atoms. The Morgan fingerprint density at radius 3 is 2.22 bits per heavy atom. The first-order valence-electron chi connectivity index (χ1n) is 11.6. The highest BCUT2D eigenvalue weighted by atomic mass is 16.5. The van der Waals surface area contributed by atoms with E-state index in [1.807, 2.05) is 12.1 Å². The van der Waals surface area contributed by atoms with Gasteiger partial charge in [0.05, 0.1) is 13.4 Å². The van der Waals surface area contributed by atoms with Crippen molar-refractivity contribution in [2.24, 2.45) is 0 Å². The third-order valence-corrected chi connectivity index (χ3v) is 6.92. The highest BCUT2D eigenvalue weighted by Crippen LogP contribution is 2.46. The van der Waals surface area contributed by atoms with E-state index in [9.17, 15) is 9.59 Å². The lowest BCUT2D eigenvalue weighted by Gasteiger charge is -2.18. The highest BCUT2D eigenvalue weighted by molar-refractivity contribution is 5.98. The van der Waals surface area contributed by atoms with Gasteiger partial charge in [-0.05, 0) is 54.5 Å². The molecule has 1 aromatic heterocycles. The van der Waals surface area contributed by atoms with Crippen LogP contribution >= 0.6 is 0 Å². The predicted molar refractivity (Wildman–Crippen MR) is 122 cm³/mol. The molecule has 4 rings (SSSR count). The number of hydrogen-bond donors (Lipinski definition) is 2. The van der Waals surface area contributed by atoms with E-state index in [0.29, 0.717) is 17.4 Å². The number of esters is 1. The molecule has 168 valence electrons. The third kappa shape index (κ3) is 4.69. The van der Waals surface area contributed by atoms with Crippen molar-refractivity contribution < 1.29 is 14.3 Å². The molecular formula is C25H31N4O3+. The lowest BCUT2D eigenvalue weighted by molar-refractivity contribution is -0.142. The minimum atomic E-state index is -0.809. The van der Waals surface area contributed by atoms with Gasteiger partial charge in [-0.3, -0.25) is 4.79 Å². The number of amides is 1. The number of aromatic amines is 1. The van der Waals surface area contributed by atoms with E-state index in [1.165, 1.54) is 32.8 Å². The average Bonchev–Trinajstić information content (AvgIpc) is 3.60. The number of carbonyl (C=O) groups is 2. The van der Waals surface area contributed by atoms with Crippen LogP contribution in [0.25, 0.3) is 4.85 Å². The Bertz CT molecular complexity index is 960. The second-order valence-electron chi connectivity index (χ2n) is 8.93. The van der Waals surface area contributed by atoms with E-state index in [0.717, 1.165) is 48.2 Å². The maximum absolute atomic E-state index is 13.3. The molecule has 2 aliphatic rings. The Hall–Kier alpha value is -3.14. The largest absolute Gasteiger partial charge is 0.467 e. The van der Waals surface area contributed by atoms with Crippen molar-refractivity contribution >= 4 is 17.6 Å². The molecule has 1 aromatic carbocycles. The zero-order chi connectivity index (χ0) is 22.5. The maximum atomic E-state index is 13.3. The number of methoxy groups -OCH3 is 1. The molecule has 1 heterocycles. The summed E-state index contributed by atoms with van der Waals surface area (Å²) in [6, 6.07) is 3.05. The zero-order valence-electron chi connectivity index (χ0n) is 18.6. The Balaban J connectivity index is 1.67. The van der Waals surface area contributed by atoms with E-state index < -0.39 is 12.0 Å². The van der Waals surface area contributed by atoms with E-state index >= 15 is 0 Å². The van der Waals surface area contributed by atoms with Gasteiger partial charge in [0.25, 0.3) is 12.5 Å². The topological polar surface area (TPSA) is 88.4 Å². The van der Waals surface area contributed by atoms with Gasteiger partial charge in [-0.15, -0.1) is 0 Å². The molecule has 0 radical (unpaired) electrons. The van der Waals surface area contributed by atoms with Crippen LogP contribution in [0.15, 0.2) is 24.7 Å². The van der Waals surface area contributed by atoms with Crippen LogP contribution in [-0.4, -0.2) is 35.0 Å². The number of nitrogens with zero attached hydrogens (tertiary/aromatic N) is 2. The summed E-state index contributed by atoms with van der Waals surface area (Å²) in [5.41, 5.74) is 4.31. The Morgan fingerprint density at radius 1 is 1.16 bits per heavy atom. The van der Waals surface area contributed by atoms with Gasteiger partial charge in [0.15, 0.2) is 0 Å². The molecule has 2 aliphatic carbocycles. The molecule has 2 N–H and O–H groups in total. The highest BCUT2D eigenvalue weighted by Gasteiger charge is 2.33. The molecule has 2 fully saturated rings. The quantitative estimate of drug-likeness (QED) is 0.610. The number of aromatic nitrogens is 2. The van der Waals surface area contributed by atoms with Crippen LogP contribution in [0.4, 0.5) is 5.69 Å². The number of hydrogen-bond acceptors (Lipinski definition) is 4. The lowest BCUT2D eigenvalue weighted by Crippen LogP contribution is -2.43. The lowest BCUT2D eigenvalue weighted by atomic mass is 9.86. The van der Waals surface area contributed by atoms with Gasteiger partial charge in [-0.2, -0.15) is 0 Å². The van der Waals surface area contributed by atoms with Gasteiger partial charge >= 0.3 is 11.7 Å². The normalized spacial score (nSPS) is 17.8. The molecule has 1 amide bonds. The van der Waals surface area contributed by atoms with Crippen LogP contribution in [-0.2, 0) is 16.0 Å². The minimum absolute atomic E-state index is 0.277. The first kappa shape index (κ1) is 22.1. The van der Waals surface area contributed by atoms with Crippen LogP contribution in [0, 0.1) is 6.57 Å². The van der Waals surface area contributed by atoms with Crippen molar-refractivity contribution in [2.45, 2.75) is 75.7 Å². The Morgan fingerprint density at radius 2 is 1.75 bits per heavy atom.